The lowest BCUT2D eigenvalue weighted by molar-refractivity contribution is 0.0790. The van der Waals surface area contributed by atoms with Crippen LogP contribution in [0.5, 0.6) is 0 Å². The molecule has 0 saturated carbocycles. The topological polar surface area (TPSA) is 39.7 Å². The van der Waals surface area contributed by atoms with Gasteiger partial charge < -0.3 is 19.5 Å². The van der Waals surface area contributed by atoms with E-state index < -0.39 is 0 Å². The van der Waals surface area contributed by atoms with Gasteiger partial charge in [-0.25, -0.2) is 0 Å². The lowest BCUT2D eigenvalue weighted by atomic mass is 10.1. The van der Waals surface area contributed by atoms with Crippen LogP contribution in [0, 0.1) is 0 Å². The Labute approximate surface area is 239 Å². The molecule has 0 heterocycles. The van der Waals surface area contributed by atoms with Gasteiger partial charge in [0, 0.05) is 33.0 Å². The second-order valence-corrected chi connectivity index (χ2v) is 10.4. The SMILES string of the molecule is C/C=C/CCOCCCCCCOCCCOCCCCCCCC/C=C\CCCCCCCC.CNC. The minimum absolute atomic E-state index is 0.835. The van der Waals surface area contributed by atoms with Gasteiger partial charge in [0.15, 0.2) is 0 Å². The summed E-state index contributed by atoms with van der Waals surface area (Å²) in [6.07, 6.45) is 34.9. The van der Waals surface area contributed by atoms with Crippen molar-refractivity contribution in [2.75, 3.05) is 53.7 Å². The van der Waals surface area contributed by atoms with E-state index in [0.29, 0.717) is 0 Å². The minimum atomic E-state index is 0.835. The van der Waals surface area contributed by atoms with Gasteiger partial charge >= 0.3 is 0 Å². The summed E-state index contributed by atoms with van der Waals surface area (Å²) in [5.41, 5.74) is 0. The van der Waals surface area contributed by atoms with E-state index in [2.05, 4.69) is 43.5 Å². The summed E-state index contributed by atoms with van der Waals surface area (Å²) in [5.74, 6) is 0. The monoisotopic (exact) mass is 540 g/mol. The highest BCUT2D eigenvalue weighted by Gasteiger charge is 1.95. The maximum absolute atomic E-state index is 5.75. The highest BCUT2D eigenvalue weighted by Crippen LogP contribution is 2.10. The van der Waals surface area contributed by atoms with Crippen molar-refractivity contribution in [3.8, 4) is 0 Å². The largest absolute Gasteiger partial charge is 0.381 e. The highest BCUT2D eigenvalue weighted by molar-refractivity contribution is 4.81. The van der Waals surface area contributed by atoms with E-state index in [9.17, 15) is 0 Å². The van der Waals surface area contributed by atoms with Crippen molar-refractivity contribution in [1.29, 1.82) is 0 Å². The van der Waals surface area contributed by atoms with Crippen molar-refractivity contribution in [3.05, 3.63) is 24.3 Å². The molecule has 0 aliphatic carbocycles. The van der Waals surface area contributed by atoms with Gasteiger partial charge in [0.2, 0.25) is 0 Å². The van der Waals surface area contributed by atoms with Gasteiger partial charge in [-0.3, -0.25) is 0 Å². The molecule has 0 aliphatic heterocycles. The Morgan fingerprint density at radius 2 is 0.789 bits per heavy atom. The number of rotatable bonds is 30. The van der Waals surface area contributed by atoms with E-state index in [1.54, 1.807) is 0 Å². The lowest BCUT2D eigenvalue weighted by Gasteiger charge is -2.06. The van der Waals surface area contributed by atoms with Gasteiger partial charge in [0.25, 0.3) is 0 Å². The summed E-state index contributed by atoms with van der Waals surface area (Å²) in [5, 5.41) is 2.75. The van der Waals surface area contributed by atoms with Crippen LogP contribution in [0.2, 0.25) is 0 Å². The molecule has 0 atom stereocenters. The normalized spacial score (nSPS) is 11.5. The molecule has 1 N–H and O–H groups in total. The molecule has 0 aliphatic rings. The Bertz CT molecular complexity index is 439. The molecule has 0 amide bonds. The number of hydrogen-bond acceptors (Lipinski definition) is 4. The first-order valence-electron chi connectivity index (χ1n) is 16.4. The molecule has 0 fully saturated rings. The van der Waals surface area contributed by atoms with Crippen LogP contribution < -0.4 is 5.32 Å². The molecule has 0 spiro atoms. The molecule has 0 saturated heterocycles. The molecule has 228 valence electrons. The van der Waals surface area contributed by atoms with Crippen LogP contribution in [-0.2, 0) is 14.2 Å². The Hall–Kier alpha value is -0.680. The second-order valence-electron chi connectivity index (χ2n) is 10.4. The van der Waals surface area contributed by atoms with Gasteiger partial charge in [0.05, 0.1) is 6.61 Å². The third kappa shape index (κ3) is 42.4. The number of nitrogens with one attached hydrogen (secondary N) is 1. The summed E-state index contributed by atoms with van der Waals surface area (Å²) in [6.45, 7) is 9.56. The van der Waals surface area contributed by atoms with Crippen molar-refractivity contribution in [1.82, 2.24) is 5.32 Å². The molecule has 0 aromatic rings. The Balaban J connectivity index is 0. The molecule has 0 aromatic heterocycles. The molecule has 0 rings (SSSR count). The molecular formula is C34H69NO3. The molecule has 4 heteroatoms. The maximum Gasteiger partial charge on any atom is 0.0500 e. The minimum Gasteiger partial charge on any atom is -0.381 e. The zero-order chi connectivity index (χ0) is 28.0. The first-order valence-corrected chi connectivity index (χ1v) is 16.4. The smallest absolute Gasteiger partial charge is 0.0500 e. The zero-order valence-corrected chi connectivity index (χ0v) is 26.4. The fraction of sp³-hybridized carbons (Fsp3) is 0.882. The van der Waals surface area contributed by atoms with E-state index in [1.165, 1.54) is 109 Å². The predicted octanol–water partition coefficient (Wildman–Crippen LogP) is 9.83. The van der Waals surface area contributed by atoms with E-state index in [-0.39, 0.29) is 0 Å². The molecule has 38 heavy (non-hydrogen) atoms. The van der Waals surface area contributed by atoms with Crippen molar-refractivity contribution in [2.45, 2.75) is 142 Å². The number of unbranched alkanes of at least 4 members (excludes halogenated alkanes) is 15. The number of hydrogen-bond donors (Lipinski definition) is 1. The van der Waals surface area contributed by atoms with E-state index in [4.69, 9.17) is 14.2 Å². The third-order valence-electron chi connectivity index (χ3n) is 6.37. The molecular weight excluding hydrogens is 470 g/mol. The molecule has 0 bridgehead atoms. The fourth-order valence-corrected chi connectivity index (χ4v) is 4.10. The van der Waals surface area contributed by atoms with Crippen LogP contribution in [0.15, 0.2) is 24.3 Å². The van der Waals surface area contributed by atoms with Gasteiger partial charge in [-0.1, -0.05) is 102 Å². The molecule has 0 radical (unpaired) electrons. The average Bonchev–Trinajstić information content (AvgIpc) is 2.92. The zero-order valence-electron chi connectivity index (χ0n) is 26.4. The maximum atomic E-state index is 5.75. The fourth-order valence-electron chi connectivity index (χ4n) is 4.10. The Morgan fingerprint density at radius 1 is 0.421 bits per heavy atom. The van der Waals surface area contributed by atoms with Crippen molar-refractivity contribution in [2.24, 2.45) is 0 Å². The predicted molar refractivity (Wildman–Crippen MR) is 169 cm³/mol. The van der Waals surface area contributed by atoms with Crippen LogP contribution in [-0.4, -0.2) is 53.7 Å². The third-order valence-corrected chi connectivity index (χ3v) is 6.37. The van der Waals surface area contributed by atoms with Crippen LogP contribution in [0.25, 0.3) is 0 Å². The van der Waals surface area contributed by atoms with Gasteiger partial charge in [0.1, 0.15) is 0 Å². The van der Waals surface area contributed by atoms with Gasteiger partial charge in [-0.15, -0.1) is 0 Å². The Kier molecular flexibility index (Phi) is 42.4. The quantitative estimate of drug-likeness (QED) is 0.0728. The van der Waals surface area contributed by atoms with Gasteiger partial charge in [-0.05, 0) is 78.8 Å². The van der Waals surface area contributed by atoms with Crippen LogP contribution in [0.1, 0.15) is 142 Å². The standard InChI is InChI=1S/C32H62O3.C2H7N/c1-3-5-7-8-9-10-11-12-13-14-15-16-17-18-19-23-29-34-31-26-32-35-30-25-21-20-24-28-33-27-22-6-4-2;1-3-2/h4,6,12-13H,3,5,7-11,14-32H2,1-2H3;3H,1-2H3/b6-4+,13-12-;. The van der Waals surface area contributed by atoms with E-state index in [1.807, 2.05) is 14.1 Å². The highest BCUT2D eigenvalue weighted by atomic mass is 16.5. The summed E-state index contributed by atoms with van der Waals surface area (Å²) in [6, 6.07) is 0. The van der Waals surface area contributed by atoms with Crippen molar-refractivity contribution in [3.63, 3.8) is 0 Å². The molecule has 0 aromatic carbocycles. The summed E-state index contributed by atoms with van der Waals surface area (Å²) >= 11 is 0. The van der Waals surface area contributed by atoms with E-state index >= 15 is 0 Å². The van der Waals surface area contributed by atoms with Crippen LogP contribution in [0.3, 0.4) is 0 Å². The summed E-state index contributed by atoms with van der Waals surface area (Å²) in [4.78, 5) is 0. The van der Waals surface area contributed by atoms with Crippen LogP contribution in [0.4, 0.5) is 0 Å². The van der Waals surface area contributed by atoms with Crippen LogP contribution >= 0.6 is 0 Å². The van der Waals surface area contributed by atoms with Crippen molar-refractivity contribution < 1.29 is 14.2 Å². The first kappa shape index (κ1) is 39.5. The Morgan fingerprint density at radius 3 is 1.24 bits per heavy atom. The second kappa shape index (κ2) is 40.8. The number of ether oxygens (including phenoxy) is 3. The average molecular weight is 540 g/mol. The summed E-state index contributed by atoms with van der Waals surface area (Å²) < 4.78 is 17.1. The lowest BCUT2D eigenvalue weighted by Crippen LogP contribution is -2.03. The first-order chi connectivity index (χ1) is 18.8. The van der Waals surface area contributed by atoms with Crippen molar-refractivity contribution >= 4 is 0 Å². The van der Waals surface area contributed by atoms with Gasteiger partial charge in [-0.2, -0.15) is 0 Å². The summed E-state index contributed by atoms with van der Waals surface area (Å²) in [7, 11) is 3.75. The molecule has 4 nitrogen and oxygen atoms in total. The molecule has 0 unspecified atom stereocenters. The van der Waals surface area contributed by atoms with E-state index in [0.717, 1.165) is 58.9 Å². The number of allylic oxidation sites excluding steroid dienone is 3.